The van der Waals surface area contributed by atoms with Crippen molar-refractivity contribution in [2.45, 2.75) is 26.7 Å². The highest BCUT2D eigenvalue weighted by molar-refractivity contribution is 5.28. The lowest BCUT2D eigenvalue weighted by atomic mass is 10.1. The molecule has 1 unspecified atom stereocenters. The monoisotopic (exact) mass is 207 g/mol. The number of benzene rings is 1. The summed E-state index contributed by atoms with van der Waals surface area (Å²) >= 11 is 0. The van der Waals surface area contributed by atoms with Gasteiger partial charge in [0.15, 0.2) is 0 Å². The fourth-order valence-electron chi connectivity index (χ4n) is 1.35. The molecular formula is C13H21NO. The number of aryl methyl sites for hydroxylation is 1. The summed E-state index contributed by atoms with van der Waals surface area (Å²) in [5.41, 5.74) is 6.86. The van der Waals surface area contributed by atoms with Crippen LogP contribution in [0.15, 0.2) is 24.3 Å². The Kier molecular flexibility index (Phi) is 5.19. The maximum Gasteiger partial charge on any atom is 0.119 e. The molecule has 0 saturated carbocycles. The van der Waals surface area contributed by atoms with Gasteiger partial charge in [-0.25, -0.2) is 0 Å². The van der Waals surface area contributed by atoms with Crippen LogP contribution in [0.1, 0.15) is 25.8 Å². The van der Waals surface area contributed by atoms with Crippen LogP contribution in [0, 0.1) is 5.92 Å². The van der Waals surface area contributed by atoms with E-state index in [1.165, 1.54) is 5.56 Å². The van der Waals surface area contributed by atoms with Crippen molar-refractivity contribution in [2.75, 3.05) is 13.2 Å². The zero-order valence-corrected chi connectivity index (χ0v) is 9.70. The van der Waals surface area contributed by atoms with Crippen LogP contribution in [0.2, 0.25) is 0 Å². The van der Waals surface area contributed by atoms with Gasteiger partial charge in [-0.1, -0.05) is 26.0 Å². The highest BCUT2D eigenvalue weighted by Gasteiger charge is 2.00. The third kappa shape index (κ3) is 4.34. The second-order valence-electron chi connectivity index (χ2n) is 3.98. The molecule has 2 heteroatoms. The topological polar surface area (TPSA) is 35.2 Å². The summed E-state index contributed by atoms with van der Waals surface area (Å²) in [7, 11) is 0. The summed E-state index contributed by atoms with van der Waals surface area (Å²) in [6.45, 7) is 5.78. The Balaban J connectivity index is 2.37. The van der Waals surface area contributed by atoms with Crippen molar-refractivity contribution < 1.29 is 4.74 Å². The van der Waals surface area contributed by atoms with E-state index in [1.54, 1.807) is 0 Å². The van der Waals surface area contributed by atoms with Crippen LogP contribution >= 0.6 is 0 Å². The lowest BCUT2D eigenvalue weighted by molar-refractivity contribution is 0.285. The number of rotatable bonds is 6. The van der Waals surface area contributed by atoms with E-state index in [0.717, 1.165) is 31.7 Å². The zero-order chi connectivity index (χ0) is 11.1. The molecule has 1 rings (SSSR count). The van der Waals surface area contributed by atoms with E-state index in [4.69, 9.17) is 10.5 Å². The highest BCUT2D eigenvalue weighted by Crippen LogP contribution is 2.14. The van der Waals surface area contributed by atoms with E-state index in [2.05, 4.69) is 26.0 Å². The smallest absolute Gasteiger partial charge is 0.119 e. The average molecular weight is 207 g/mol. The van der Waals surface area contributed by atoms with E-state index < -0.39 is 0 Å². The van der Waals surface area contributed by atoms with Crippen molar-refractivity contribution in [3.63, 3.8) is 0 Å². The lowest BCUT2D eigenvalue weighted by Crippen LogP contribution is -2.13. The van der Waals surface area contributed by atoms with Crippen LogP contribution in [0.5, 0.6) is 5.75 Å². The third-order valence-electron chi connectivity index (χ3n) is 2.59. The maximum absolute atomic E-state index is 5.67. The van der Waals surface area contributed by atoms with Crippen LogP contribution in [0.25, 0.3) is 0 Å². The molecule has 0 fully saturated rings. The normalized spacial score (nSPS) is 12.5. The van der Waals surface area contributed by atoms with E-state index in [0.29, 0.717) is 5.92 Å². The molecule has 1 aromatic rings. The number of hydrogen-bond acceptors (Lipinski definition) is 2. The molecule has 0 aromatic heterocycles. The summed E-state index contributed by atoms with van der Waals surface area (Å²) in [6.07, 6.45) is 2.07. The fourth-order valence-corrected chi connectivity index (χ4v) is 1.35. The molecule has 0 amide bonds. The molecule has 84 valence electrons. The molecule has 0 saturated heterocycles. The van der Waals surface area contributed by atoms with E-state index in [9.17, 15) is 0 Å². The first-order valence-electron chi connectivity index (χ1n) is 5.68. The predicted octanol–water partition coefficient (Wildman–Crippen LogP) is 2.61. The van der Waals surface area contributed by atoms with Gasteiger partial charge < -0.3 is 10.5 Å². The quantitative estimate of drug-likeness (QED) is 0.778. The maximum atomic E-state index is 5.67. The second-order valence-corrected chi connectivity index (χ2v) is 3.98. The van der Waals surface area contributed by atoms with Crippen LogP contribution in [-0.4, -0.2) is 13.2 Å². The Hall–Kier alpha value is -1.02. The Labute approximate surface area is 92.4 Å². The minimum Gasteiger partial charge on any atom is -0.494 e. The van der Waals surface area contributed by atoms with E-state index >= 15 is 0 Å². The lowest BCUT2D eigenvalue weighted by Gasteiger charge is -2.10. The molecule has 0 radical (unpaired) electrons. The summed E-state index contributed by atoms with van der Waals surface area (Å²) in [5, 5.41) is 0. The van der Waals surface area contributed by atoms with Gasteiger partial charge in [-0.15, -0.1) is 0 Å². The molecule has 2 nitrogen and oxygen atoms in total. The molecule has 15 heavy (non-hydrogen) atoms. The predicted molar refractivity (Wildman–Crippen MR) is 64.2 cm³/mol. The Morgan fingerprint density at radius 1 is 1.40 bits per heavy atom. The zero-order valence-electron chi connectivity index (χ0n) is 9.70. The summed E-state index contributed by atoms with van der Waals surface area (Å²) in [5.74, 6) is 1.51. The first kappa shape index (κ1) is 12.1. The van der Waals surface area contributed by atoms with E-state index in [1.807, 2.05) is 12.1 Å². The summed E-state index contributed by atoms with van der Waals surface area (Å²) in [4.78, 5) is 0. The van der Waals surface area contributed by atoms with Gasteiger partial charge >= 0.3 is 0 Å². The van der Waals surface area contributed by atoms with Crippen molar-refractivity contribution >= 4 is 0 Å². The standard InChI is InChI=1S/C13H21NO/c1-3-12-5-4-6-13(9-12)15-8-7-11(2)10-14/h4-6,9,11H,3,7-8,10,14H2,1-2H3. The van der Waals surface area contributed by atoms with Crippen molar-refractivity contribution in [3.05, 3.63) is 29.8 Å². The van der Waals surface area contributed by atoms with E-state index in [-0.39, 0.29) is 0 Å². The largest absolute Gasteiger partial charge is 0.494 e. The molecule has 1 atom stereocenters. The average Bonchev–Trinajstić information content (AvgIpc) is 2.29. The molecule has 0 aliphatic carbocycles. The minimum atomic E-state index is 0.541. The number of hydrogen-bond donors (Lipinski definition) is 1. The van der Waals surface area contributed by atoms with Crippen molar-refractivity contribution in [1.82, 2.24) is 0 Å². The van der Waals surface area contributed by atoms with Crippen LogP contribution in [0.4, 0.5) is 0 Å². The minimum absolute atomic E-state index is 0.541. The van der Waals surface area contributed by atoms with Gasteiger partial charge in [0.05, 0.1) is 6.61 Å². The molecule has 1 aromatic carbocycles. The van der Waals surface area contributed by atoms with Crippen LogP contribution in [0.3, 0.4) is 0 Å². The van der Waals surface area contributed by atoms with Gasteiger partial charge in [0.2, 0.25) is 0 Å². The molecule has 0 aliphatic rings. The van der Waals surface area contributed by atoms with Crippen molar-refractivity contribution in [1.29, 1.82) is 0 Å². The first-order chi connectivity index (χ1) is 7.26. The third-order valence-corrected chi connectivity index (χ3v) is 2.59. The molecule has 0 spiro atoms. The van der Waals surface area contributed by atoms with Crippen LogP contribution in [-0.2, 0) is 6.42 Å². The van der Waals surface area contributed by atoms with Gasteiger partial charge in [0.1, 0.15) is 5.75 Å². The Morgan fingerprint density at radius 3 is 2.87 bits per heavy atom. The van der Waals surface area contributed by atoms with Crippen LogP contribution < -0.4 is 10.5 Å². The second kappa shape index (κ2) is 6.46. The molecule has 0 heterocycles. The highest BCUT2D eigenvalue weighted by atomic mass is 16.5. The van der Waals surface area contributed by atoms with Gasteiger partial charge in [-0.2, -0.15) is 0 Å². The summed E-state index contributed by atoms with van der Waals surface area (Å²) in [6, 6.07) is 8.27. The van der Waals surface area contributed by atoms with Gasteiger partial charge in [0, 0.05) is 0 Å². The van der Waals surface area contributed by atoms with Crippen molar-refractivity contribution in [3.8, 4) is 5.75 Å². The Bertz CT molecular complexity index is 286. The van der Waals surface area contributed by atoms with Crippen molar-refractivity contribution in [2.24, 2.45) is 11.7 Å². The number of ether oxygens (including phenoxy) is 1. The fraction of sp³-hybridized carbons (Fsp3) is 0.538. The van der Waals surface area contributed by atoms with Gasteiger partial charge in [-0.3, -0.25) is 0 Å². The molecular weight excluding hydrogens is 186 g/mol. The summed E-state index contributed by atoms with van der Waals surface area (Å²) < 4.78 is 5.67. The molecule has 0 bridgehead atoms. The number of nitrogens with two attached hydrogens (primary N) is 1. The molecule has 2 N–H and O–H groups in total. The first-order valence-corrected chi connectivity index (χ1v) is 5.68. The Morgan fingerprint density at radius 2 is 2.20 bits per heavy atom. The van der Waals surface area contributed by atoms with Gasteiger partial charge in [-0.05, 0) is 43.0 Å². The SMILES string of the molecule is CCc1cccc(OCCC(C)CN)c1. The molecule has 0 aliphatic heterocycles. The van der Waals surface area contributed by atoms with Gasteiger partial charge in [0.25, 0.3) is 0 Å².